The first-order valence-electron chi connectivity index (χ1n) is 9.06. The topological polar surface area (TPSA) is 40.6 Å². The molecular weight excluding hydrogens is 327 g/mol. The monoisotopic (exact) mass is 350 g/mol. The summed E-state index contributed by atoms with van der Waals surface area (Å²) in [4.78, 5) is 2.49. The van der Waals surface area contributed by atoms with Gasteiger partial charge in [-0.25, -0.2) is 12.8 Å². The highest BCUT2D eigenvalue weighted by molar-refractivity contribution is 7.90. The molecule has 4 nitrogen and oxygen atoms in total. The highest BCUT2D eigenvalue weighted by atomic mass is 32.2. The minimum absolute atomic E-state index is 0.119. The van der Waals surface area contributed by atoms with E-state index in [2.05, 4.69) is 4.90 Å². The fraction of sp³-hybridized carbons (Fsp3) is 0.667. The Labute approximate surface area is 142 Å². The second kappa shape index (κ2) is 5.26. The number of rotatable bonds is 3. The summed E-state index contributed by atoms with van der Waals surface area (Å²) in [5.41, 5.74) is 1.08. The van der Waals surface area contributed by atoms with Crippen LogP contribution in [0.5, 0.6) is 0 Å². The van der Waals surface area contributed by atoms with Crippen LogP contribution >= 0.6 is 0 Å². The summed E-state index contributed by atoms with van der Waals surface area (Å²) in [5, 5.41) is -0.152. The van der Waals surface area contributed by atoms with E-state index in [0.717, 1.165) is 44.3 Å². The fourth-order valence-corrected chi connectivity index (χ4v) is 7.34. The van der Waals surface area contributed by atoms with E-state index in [-0.39, 0.29) is 29.1 Å². The van der Waals surface area contributed by atoms with Crippen molar-refractivity contribution in [2.24, 2.45) is 5.92 Å². The van der Waals surface area contributed by atoms with Gasteiger partial charge in [-0.05, 0) is 62.4 Å². The van der Waals surface area contributed by atoms with Crippen LogP contribution in [0.25, 0.3) is 0 Å². The van der Waals surface area contributed by atoms with E-state index in [4.69, 9.17) is 0 Å². The fourth-order valence-electron chi connectivity index (χ4n) is 5.22. The molecule has 0 aromatic heterocycles. The Morgan fingerprint density at radius 2 is 1.62 bits per heavy atom. The standard InChI is InChI=1S/C18H23FN2O2S/c19-14-3-1-12(2-4-14)16-11-21(24(22,23)15-5-6-15)17-13-7-9-20(10-8-13)18(16)17/h1-4,13,15-18H,5-11H2/t16-,17+,18+/m0/s1. The number of nitrogens with zero attached hydrogens (tertiary/aromatic N) is 2. The zero-order valence-electron chi connectivity index (χ0n) is 13.6. The van der Waals surface area contributed by atoms with Crippen molar-refractivity contribution in [3.63, 3.8) is 0 Å². The number of hydrogen-bond donors (Lipinski definition) is 0. The van der Waals surface area contributed by atoms with Crippen LogP contribution in [-0.2, 0) is 10.0 Å². The molecule has 0 spiro atoms. The van der Waals surface area contributed by atoms with Crippen molar-refractivity contribution in [3.8, 4) is 0 Å². The van der Waals surface area contributed by atoms with Crippen LogP contribution in [0, 0.1) is 11.7 Å². The maximum Gasteiger partial charge on any atom is 0.217 e. The van der Waals surface area contributed by atoms with Gasteiger partial charge in [0.25, 0.3) is 0 Å². The third-order valence-corrected chi connectivity index (χ3v) is 8.88. The van der Waals surface area contributed by atoms with E-state index in [0.29, 0.717) is 12.5 Å². The first kappa shape index (κ1) is 15.3. The van der Waals surface area contributed by atoms with Crippen LogP contribution in [-0.4, -0.2) is 54.6 Å². The summed E-state index contributed by atoms with van der Waals surface area (Å²) in [6, 6.07) is 7.06. The normalized spacial score (nSPS) is 39.1. The van der Waals surface area contributed by atoms with Gasteiger partial charge in [-0.2, -0.15) is 4.31 Å². The molecule has 2 bridgehead atoms. The van der Waals surface area contributed by atoms with Crippen molar-refractivity contribution in [1.29, 1.82) is 0 Å². The molecule has 1 aliphatic carbocycles. The highest BCUT2D eigenvalue weighted by Gasteiger charge is 2.58. The zero-order valence-corrected chi connectivity index (χ0v) is 14.5. The molecule has 0 amide bonds. The first-order chi connectivity index (χ1) is 11.6. The molecular formula is C18H23FN2O2S. The Morgan fingerprint density at radius 3 is 2.25 bits per heavy atom. The Kier molecular flexibility index (Phi) is 3.35. The summed E-state index contributed by atoms with van der Waals surface area (Å²) < 4.78 is 41.2. The first-order valence-corrected chi connectivity index (χ1v) is 10.6. The van der Waals surface area contributed by atoms with Gasteiger partial charge < -0.3 is 0 Å². The maximum absolute atomic E-state index is 13.3. The van der Waals surface area contributed by atoms with Gasteiger partial charge in [0.2, 0.25) is 10.0 Å². The molecule has 4 aliphatic heterocycles. The van der Waals surface area contributed by atoms with E-state index in [1.54, 1.807) is 0 Å². The second-order valence-corrected chi connectivity index (χ2v) is 9.99. The molecule has 0 N–H and O–H groups in total. The summed E-state index contributed by atoms with van der Waals surface area (Å²) in [6.45, 7) is 2.70. The zero-order chi connectivity index (χ0) is 16.5. The van der Waals surface area contributed by atoms with Crippen molar-refractivity contribution < 1.29 is 12.8 Å². The summed E-state index contributed by atoms with van der Waals surface area (Å²) in [5.74, 6) is 0.410. The molecule has 3 atom stereocenters. The van der Waals surface area contributed by atoms with Gasteiger partial charge >= 0.3 is 0 Å². The van der Waals surface area contributed by atoms with Gasteiger partial charge in [0.15, 0.2) is 0 Å². The van der Waals surface area contributed by atoms with Crippen molar-refractivity contribution >= 4 is 10.0 Å². The van der Waals surface area contributed by atoms with Crippen LogP contribution in [0.1, 0.15) is 37.2 Å². The van der Waals surface area contributed by atoms with Gasteiger partial charge in [-0.1, -0.05) is 12.1 Å². The molecule has 1 aromatic carbocycles. The Balaban J connectivity index is 1.55. The molecule has 0 radical (unpaired) electrons. The van der Waals surface area contributed by atoms with Crippen LogP contribution in [0.3, 0.4) is 0 Å². The molecule has 1 aromatic rings. The lowest BCUT2D eigenvalue weighted by Crippen LogP contribution is -2.60. The van der Waals surface area contributed by atoms with Crippen LogP contribution in [0.15, 0.2) is 24.3 Å². The van der Waals surface area contributed by atoms with E-state index >= 15 is 0 Å². The number of hydrogen-bond acceptors (Lipinski definition) is 3. The molecule has 24 heavy (non-hydrogen) atoms. The minimum atomic E-state index is -3.17. The Hall–Kier alpha value is -0.980. The Bertz CT molecular complexity index is 739. The Morgan fingerprint density at radius 1 is 0.958 bits per heavy atom. The van der Waals surface area contributed by atoms with Crippen molar-refractivity contribution in [2.45, 2.75) is 48.9 Å². The number of sulfonamides is 1. The van der Waals surface area contributed by atoms with Crippen LogP contribution < -0.4 is 0 Å². The number of fused-ring (bicyclic) bond motifs is 2. The van der Waals surface area contributed by atoms with Crippen LogP contribution in [0.4, 0.5) is 4.39 Å². The average molecular weight is 350 g/mol. The molecule has 0 unspecified atom stereocenters. The quantitative estimate of drug-likeness (QED) is 0.839. The predicted octanol–water partition coefficient (Wildman–Crippen LogP) is 2.18. The molecule has 5 fully saturated rings. The molecule has 4 heterocycles. The summed E-state index contributed by atoms with van der Waals surface area (Å²) >= 11 is 0. The van der Waals surface area contributed by atoms with Crippen LogP contribution in [0.2, 0.25) is 0 Å². The van der Waals surface area contributed by atoms with Gasteiger partial charge in [-0.15, -0.1) is 0 Å². The highest BCUT2D eigenvalue weighted by Crippen LogP contribution is 2.49. The lowest BCUT2D eigenvalue weighted by molar-refractivity contribution is 0.0122. The summed E-state index contributed by atoms with van der Waals surface area (Å²) in [7, 11) is -3.17. The van der Waals surface area contributed by atoms with Gasteiger partial charge in [0.1, 0.15) is 5.82 Å². The lowest BCUT2D eigenvalue weighted by atomic mass is 9.75. The number of halogens is 1. The van der Waals surface area contributed by atoms with Crippen molar-refractivity contribution in [3.05, 3.63) is 35.6 Å². The SMILES string of the molecule is O=S(=O)(C1CC1)N1C[C@@H](c2ccc(F)cc2)[C@@H]2[C@H]1C1CCN2CC1. The largest absolute Gasteiger partial charge is 0.298 e. The van der Waals surface area contributed by atoms with Gasteiger partial charge in [0.05, 0.1) is 5.25 Å². The summed E-state index contributed by atoms with van der Waals surface area (Å²) in [6.07, 6.45) is 3.83. The average Bonchev–Trinajstić information content (AvgIpc) is 3.37. The molecule has 5 aliphatic rings. The molecule has 6 heteroatoms. The molecule has 6 rings (SSSR count). The third-order valence-electron chi connectivity index (χ3n) is 6.52. The van der Waals surface area contributed by atoms with Gasteiger partial charge in [-0.3, -0.25) is 4.90 Å². The van der Waals surface area contributed by atoms with E-state index in [1.165, 1.54) is 12.1 Å². The minimum Gasteiger partial charge on any atom is -0.298 e. The van der Waals surface area contributed by atoms with Crippen molar-refractivity contribution in [2.75, 3.05) is 19.6 Å². The maximum atomic E-state index is 13.3. The molecule has 4 saturated heterocycles. The second-order valence-electron chi connectivity index (χ2n) is 7.83. The third kappa shape index (κ3) is 2.19. The van der Waals surface area contributed by atoms with Crippen molar-refractivity contribution in [1.82, 2.24) is 9.21 Å². The lowest BCUT2D eigenvalue weighted by Gasteiger charge is -2.51. The van der Waals surface area contributed by atoms with E-state index in [9.17, 15) is 12.8 Å². The molecule has 1 saturated carbocycles. The van der Waals surface area contributed by atoms with E-state index < -0.39 is 10.0 Å². The number of benzene rings is 1. The predicted molar refractivity (Wildman–Crippen MR) is 89.7 cm³/mol. The molecule has 130 valence electrons. The number of piperidine rings is 3. The smallest absolute Gasteiger partial charge is 0.217 e. The van der Waals surface area contributed by atoms with E-state index in [1.807, 2.05) is 16.4 Å². The van der Waals surface area contributed by atoms with Gasteiger partial charge in [0, 0.05) is 24.5 Å².